The van der Waals surface area contributed by atoms with Gasteiger partial charge in [0.25, 0.3) is 0 Å². The Morgan fingerprint density at radius 2 is 1.96 bits per heavy atom. The highest BCUT2D eigenvalue weighted by Crippen LogP contribution is 2.32. The van der Waals surface area contributed by atoms with E-state index in [-0.39, 0.29) is 11.9 Å². The summed E-state index contributed by atoms with van der Waals surface area (Å²) < 4.78 is 13.6. The fourth-order valence-electron chi connectivity index (χ4n) is 2.84. The van der Waals surface area contributed by atoms with Crippen molar-refractivity contribution in [2.24, 2.45) is 0 Å². The third kappa shape index (κ3) is 4.37. The summed E-state index contributed by atoms with van der Waals surface area (Å²) in [6, 6.07) is 12.8. The van der Waals surface area contributed by atoms with Crippen LogP contribution >= 0.6 is 11.6 Å². The summed E-state index contributed by atoms with van der Waals surface area (Å²) in [5.41, 5.74) is 4.13. The summed E-state index contributed by atoms with van der Waals surface area (Å²) in [7, 11) is 1.85. The molecule has 4 heteroatoms. The number of benzene rings is 2. The number of anilines is 1. The van der Waals surface area contributed by atoms with Gasteiger partial charge in [-0.2, -0.15) is 0 Å². The summed E-state index contributed by atoms with van der Waals surface area (Å²) in [5, 5.41) is 7.32. The van der Waals surface area contributed by atoms with Crippen molar-refractivity contribution >= 4 is 22.9 Å². The van der Waals surface area contributed by atoms with E-state index >= 15 is 0 Å². The van der Waals surface area contributed by atoms with Crippen LogP contribution in [0.4, 0.5) is 10.1 Å². The monoisotopic (exact) mass is 346 g/mol. The fourth-order valence-corrected chi connectivity index (χ4v) is 3.04. The minimum absolute atomic E-state index is 0.0930. The van der Waals surface area contributed by atoms with E-state index in [1.807, 2.05) is 45.2 Å². The van der Waals surface area contributed by atoms with Crippen LogP contribution in [0.15, 0.2) is 48.5 Å². The molecule has 0 radical (unpaired) electrons. The van der Waals surface area contributed by atoms with Crippen LogP contribution < -0.4 is 10.6 Å². The first-order valence-electron chi connectivity index (χ1n) is 8.34. The van der Waals surface area contributed by atoms with Gasteiger partial charge in [-0.1, -0.05) is 43.7 Å². The lowest BCUT2D eigenvalue weighted by atomic mass is 9.93. The van der Waals surface area contributed by atoms with Gasteiger partial charge in [0.05, 0.1) is 6.04 Å². The molecule has 128 valence electrons. The van der Waals surface area contributed by atoms with Crippen molar-refractivity contribution in [3.63, 3.8) is 0 Å². The van der Waals surface area contributed by atoms with Crippen molar-refractivity contribution in [1.82, 2.24) is 5.32 Å². The van der Waals surface area contributed by atoms with Gasteiger partial charge >= 0.3 is 0 Å². The predicted octanol–water partition coefficient (Wildman–Crippen LogP) is 5.67. The quantitative estimate of drug-likeness (QED) is 0.748. The number of rotatable bonds is 3. The molecule has 2 aromatic carbocycles. The Hall–Kier alpha value is -1.84. The first kappa shape index (κ1) is 18.5. The van der Waals surface area contributed by atoms with Gasteiger partial charge in [-0.25, -0.2) is 4.39 Å². The molecule has 0 bridgehead atoms. The maximum Gasteiger partial charge on any atom is 0.123 e. The van der Waals surface area contributed by atoms with Crippen LogP contribution in [0.1, 0.15) is 37.4 Å². The van der Waals surface area contributed by atoms with Gasteiger partial charge in [-0.3, -0.25) is 0 Å². The van der Waals surface area contributed by atoms with Crippen LogP contribution in [0.3, 0.4) is 0 Å². The average Bonchev–Trinajstić information content (AvgIpc) is 2.63. The molecule has 24 heavy (non-hydrogen) atoms. The molecule has 0 amide bonds. The van der Waals surface area contributed by atoms with E-state index in [9.17, 15) is 4.39 Å². The number of halogens is 2. The maximum atomic E-state index is 13.6. The van der Waals surface area contributed by atoms with Crippen molar-refractivity contribution in [1.29, 1.82) is 0 Å². The average molecular weight is 347 g/mol. The van der Waals surface area contributed by atoms with Crippen LogP contribution in [0.2, 0.25) is 5.02 Å². The third-order valence-electron chi connectivity index (χ3n) is 3.93. The first-order valence-corrected chi connectivity index (χ1v) is 8.72. The van der Waals surface area contributed by atoms with E-state index in [0.717, 1.165) is 40.4 Å². The molecule has 3 rings (SSSR count). The number of hydrogen-bond donors (Lipinski definition) is 2. The van der Waals surface area contributed by atoms with E-state index in [1.165, 1.54) is 6.07 Å². The van der Waals surface area contributed by atoms with Gasteiger partial charge in [0.1, 0.15) is 5.82 Å². The Kier molecular flexibility index (Phi) is 6.83. The summed E-state index contributed by atoms with van der Waals surface area (Å²) >= 11 is 6.08. The lowest BCUT2D eigenvalue weighted by molar-refractivity contribution is 0.607. The Morgan fingerprint density at radius 1 is 1.17 bits per heavy atom. The lowest BCUT2D eigenvalue weighted by Crippen LogP contribution is -2.25. The largest absolute Gasteiger partial charge is 0.388 e. The van der Waals surface area contributed by atoms with Crippen LogP contribution in [0.25, 0.3) is 5.57 Å². The molecule has 2 N–H and O–H groups in total. The summed E-state index contributed by atoms with van der Waals surface area (Å²) in [4.78, 5) is 0. The van der Waals surface area contributed by atoms with Gasteiger partial charge < -0.3 is 10.6 Å². The van der Waals surface area contributed by atoms with Crippen molar-refractivity contribution in [2.45, 2.75) is 26.3 Å². The molecule has 2 aromatic rings. The van der Waals surface area contributed by atoms with Gasteiger partial charge in [-0.05, 0) is 47.9 Å². The molecule has 1 atom stereocenters. The maximum absolute atomic E-state index is 13.6. The second kappa shape index (κ2) is 8.86. The molecule has 1 aliphatic rings. The molecule has 0 saturated heterocycles. The molecule has 1 unspecified atom stereocenters. The van der Waals surface area contributed by atoms with Crippen molar-refractivity contribution in [2.75, 3.05) is 18.9 Å². The molecule has 0 spiro atoms. The molecule has 0 saturated carbocycles. The molecule has 1 aliphatic heterocycles. The molecular weight excluding hydrogens is 323 g/mol. The minimum atomic E-state index is -0.215. The van der Waals surface area contributed by atoms with E-state index in [2.05, 4.69) is 16.7 Å². The first-order chi connectivity index (χ1) is 11.7. The van der Waals surface area contributed by atoms with Gasteiger partial charge in [0.2, 0.25) is 0 Å². The second-order valence-electron chi connectivity index (χ2n) is 5.37. The predicted molar refractivity (Wildman–Crippen MR) is 102 cm³/mol. The topological polar surface area (TPSA) is 24.1 Å². The summed E-state index contributed by atoms with van der Waals surface area (Å²) in [5.74, 6) is -0.215. The van der Waals surface area contributed by atoms with Crippen LogP contribution in [0.5, 0.6) is 0 Å². The highest BCUT2D eigenvalue weighted by molar-refractivity contribution is 6.30. The normalized spacial score (nSPS) is 16.7. The minimum Gasteiger partial charge on any atom is -0.388 e. The number of hydrogen-bond acceptors (Lipinski definition) is 2. The summed E-state index contributed by atoms with van der Waals surface area (Å²) in [6.07, 6.45) is 3.03. The van der Waals surface area contributed by atoms with Crippen molar-refractivity contribution < 1.29 is 4.39 Å². The molecule has 1 heterocycles. The van der Waals surface area contributed by atoms with Gasteiger partial charge in [0.15, 0.2) is 0 Å². The molecule has 0 aromatic heterocycles. The van der Waals surface area contributed by atoms with E-state index in [1.54, 1.807) is 12.1 Å². The molecule has 2 nitrogen and oxygen atoms in total. The SMILES string of the molecule is CC.CNc1ccc(F)cc1C1=CC(c2cccc(Cl)c2)NCC1. The molecule has 0 aliphatic carbocycles. The number of nitrogens with one attached hydrogen (secondary N) is 2. The van der Waals surface area contributed by atoms with Gasteiger partial charge in [-0.15, -0.1) is 0 Å². The van der Waals surface area contributed by atoms with Gasteiger partial charge in [0, 0.05) is 29.9 Å². The zero-order valence-electron chi connectivity index (χ0n) is 14.4. The van der Waals surface area contributed by atoms with E-state index in [0.29, 0.717) is 0 Å². The fraction of sp³-hybridized carbons (Fsp3) is 0.300. The highest BCUT2D eigenvalue weighted by atomic mass is 35.5. The smallest absolute Gasteiger partial charge is 0.123 e. The Labute approximate surface area is 148 Å². The molecular formula is C20H24ClFN2. The Balaban J connectivity index is 0.00000100. The van der Waals surface area contributed by atoms with E-state index < -0.39 is 0 Å². The van der Waals surface area contributed by atoms with Crippen LogP contribution in [-0.2, 0) is 0 Å². The Bertz CT molecular complexity index is 713. The van der Waals surface area contributed by atoms with Crippen molar-refractivity contribution in [3.8, 4) is 0 Å². The molecule has 0 fully saturated rings. The summed E-state index contributed by atoms with van der Waals surface area (Å²) in [6.45, 7) is 4.85. The second-order valence-corrected chi connectivity index (χ2v) is 5.81. The third-order valence-corrected chi connectivity index (χ3v) is 4.17. The standard InChI is InChI=1S/C18H18ClFN2.C2H6/c1-21-17-6-5-15(20)11-16(17)12-7-8-22-18(10-12)13-3-2-4-14(19)9-13;1-2/h2-6,9-11,18,21-22H,7-8H2,1H3;1-2H3. The van der Waals surface area contributed by atoms with Crippen molar-refractivity contribution in [3.05, 3.63) is 70.5 Å². The van der Waals surface area contributed by atoms with Crippen LogP contribution in [-0.4, -0.2) is 13.6 Å². The zero-order chi connectivity index (χ0) is 17.5. The lowest BCUT2D eigenvalue weighted by Gasteiger charge is -2.24. The van der Waals surface area contributed by atoms with Crippen LogP contribution in [0, 0.1) is 5.82 Å². The van der Waals surface area contributed by atoms with E-state index in [4.69, 9.17) is 11.6 Å². The Morgan fingerprint density at radius 3 is 2.67 bits per heavy atom. The zero-order valence-corrected chi connectivity index (χ0v) is 15.1. The highest BCUT2D eigenvalue weighted by Gasteiger charge is 2.18.